The van der Waals surface area contributed by atoms with Gasteiger partial charge in [-0.15, -0.1) is 24.0 Å². The summed E-state index contributed by atoms with van der Waals surface area (Å²) < 4.78 is 0. The number of halogens is 1. The fourth-order valence-electron chi connectivity index (χ4n) is 0.682. The predicted molar refractivity (Wildman–Crippen MR) is 50.9 cm³/mol. The van der Waals surface area contributed by atoms with Crippen molar-refractivity contribution in [3.63, 3.8) is 0 Å². The van der Waals surface area contributed by atoms with Crippen molar-refractivity contribution in [3.05, 3.63) is 24.4 Å². The molecule has 0 amide bonds. The average Bonchev–Trinajstić information content (AvgIpc) is 1.77. The maximum Gasteiger partial charge on any atom is 0.0439 e. The Morgan fingerprint density at radius 1 is 1.33 bits per heavy atom. The fourth-order valence-corrected chi connectivity index (χ4v) is 0.682. The molecule has 0 fully saturated rings. The lowest BCUT2D eigenvalue weighted by Crippen LogP contribution is -2.22. The van der Waals surface area contributed by atoms with Gasteiger partial charge in [-0.2, -0.15) is 0 Å². The molecule has 1 rings (SSSR count). The molecule has 0 saturated carbocycles. The number of likely N-dealkylation sites (N-methyl/N-ethyl adjacent to an activating group) is 1. The van der Waals surface area contributed by atoms with Crippen LogP contribution >= 0.6 is 24.0 Å². The third kappa shape index (κ3) is 2.39. The Hall–Kier alpha value is 0.0100. The Morgan fingerprint density at radius 2 is 2.00 bits per heavy atom. The van der Waals surface area contributed by atoms with Crippen LogP contribution in [0.15, 0.2) is 24.4 Å². The van der Waals surface area contributed by atoms with E-state index in [-0.39, 0.29) is 24.0 Å². The summed E-state index contributed by atoms with van der Waals surface area (Å²) in [7, 11) is 2.07. The highest BCUT2D eigenvalue weighted by Gasteiger charge is 2.00. The number of nitrogens with zero attached hydrogens (tertiary/aromatic N) is 1. The Kier molecular flexibility index (Phi) is 3.93. The zero-order valence-corrected chi connectivity index (χ0v) is 8.07. The van der Waals surface area contributed by atoms with Crippen molar-refractivity contribution in [2.45, 2.75) is 13.0 Å². The summed E-state index contributed by atoms with van der Waals surface area (Å²) >= 11 is 0. The molecule has 1 unspecified atom stereocenters. The van der Waals surface area contributed by atoms with Crippen LogP contribution in [-0.2, 0) is 0 Å². The van der Waals surface area contributed by atoms with Crippen LogP contribution in [0.2, 0.25) is 0 Å². The van der Waals surface area contributed by atoms with Gasteiger partial charge in [0.2, 0.25) is 0 Å². The fraction of sp³-hybridized carbons (Fsp3) is 0.429. The highest BCUT2D eigenvalue weighted by molar-refractivity contribution is 14.0. The van der Waals surface area contributed by atoms with Crippen LogP contribution in [0, 0.1) is 0 Å². The van der Waals surface area contributed by atoms with Gasteiger partial charge in [-0.1, -0.05) is 12.2 Å². The van der Waals surface area contributed by atoms with Gasteiger partial charge in [0, 0.05) is 13.1 Å². The van der Waals surface area contributed by atoms with Crippen molar-refractivity contribution < 1.29 is 0 Å². The predicted octanol–water partition coefficient (Wildman–Crippen LogP) is 2.01. The van der Waals surface area contributed by atoms with Gasteiger partial charge < -0.3 is 4.90 Å². The summed E-state index contributed by atoms with van der Waals surface area (Å²) in [4.78, 5) is 2.17. The SMILES string of the molecule is CC1C=CC=CN1C.I. The quantitative estimate of drug-likeness (QED) is 0.582. The Morgan fingerprint density at radius 3 is 2.33 bits per heavy atom. The lowest BCUT2D eigenvalue weighted by atomic mass is 10.2. The van der Waals surface area contributed by atoms with Crippen molar-refractivity contribution in [3.8, 4) is 0 Å². The van der Waals surface area contributed by atoms with Crippen LogP contribution in [0.25, 0.3) is 0 Å². The van der Waals surface area contributed by atoms with E-state index in [2.05, 4.69) is 37.2 Å². The first-order valence-electron chi connectivity index (χ1n) is 2.87. The molecule has 0 spiro atoms. The molecule has 1 aliphatic heterocycles. The molecular weight excluding hydrogens is 225 g/mol. The average molecular weight is 237 g/mol. The summed E-state index contributed by atoms with van der Waals surface area (Å²) in [6.07, 6.45) is 8.36. The van der Waals surface area contributed by atoms with E-state index in [9.17, 15) is 0 Å². The zero-order valence-electron chi connectivity index (χ0n) is 5.74. The third-order valence-corrected chi connectivity index (χ3v) is 1.46. The number of hydrogen-bond donors (Lipinski definition) is 0. The number of hydrogen-bond acceptors (Lipinski definition) is 1. The lowest BCUT2D eigenvalue weighted by molar-refractivity contribution is 0.403. The first kappa shape index (κ1) is 9.01. The van der Waals surface area contributed by atoms with E-state index in [0.29, 0.717) is 6.04 Å². The second-order valence-electron chi connectivity index (χ2n) is 2.13. The first-order valence-corrected chi connectivity index (χ1v) is 2.87. The van der Waals surface area contributed by atoms with Gasteiger partial charge >= 0.3 is 0 Å². The van der Waals surface area contributed by atoms with Gasteiger partial charge in [0.25, 0.3) is 0 Å². The summed E-state index contributed by atoms with van der Waals surface area (Å²) in [5, 5.41) is 0. The van der Waals surface area contributed by atoms with E-state index in [0.717, 1.165) is 0 Å². The molecule has 0 aromatic carbocycles. The second kappa shape index (κ2) is 3.93. The number of allylic oxidation sites excluding steroid dienone is 2. The molecule has 1 heterocycles. The Bertz CT molecular complexity index is 113. The highest BCUT2D eigenvalue weighted by atomic mass is 127. The van der Waals surface area contributed by atoms with Gasteiger partial charge in [0.1, 0.15) is 0 Å². The molecule has 2 heteroatoms. The first-order chi connectivity index (χ1) is 3.80. The van der Waals surface area contributed by atoms with E-state index < -0.39 is 0 Å². The van der Waals surface area contributed by atoms with E-state index in [1.54, 1.807) is 0 Å². The molecule has 9 heavy (non-hydrogen) atoms. The molecule has 52 valence electrons. The van der Waals surface area contributed by atoms with Crippen LogP contribution in [0.4, 0.5) is 0 Å². The van der Waals surface area contributed by atoms with Crippen LogP contribution in [0.1, 0.15) is 6.92 Å². The number of rotatable bonds is 0. The van der Waals surface area contributed by atoms with E-state index in [4.69, 9.17) is 0 Å². The summed E-state index contributed by atoms with van der Waals surface area (Å²) in [6.45, 7) is 2.17. The maximum atomic E-state index is 2.17. The van der Waals surface area contributed by atoms with E-state index in [1.807, 2.05) is 6.08 Å². The zero-order chi connectivity index (χ0) is 5.98. The smallest absolute Gasteiger partial charge is 0.0439 e. The van der Waals surface area contributed by atoms with Crippen LogP contribution in [0.3, 0.4) is 0 Å². The molecule has 0 bridgehead atoms. The van der Waals surface area contributed by atoms with E-state index in [1.165, 1.54) is 0 Å². The van der Waals surface area contributed by atoms with Crippen LogP contribution in [-0.4, -0.2) is 18.0 Å². The topological polar surface area (TPSA) is 3.24 Å². The minimum atomic E-state index is 0. The van der Waals surface area contributed by atoms with Crippen LogP contribution in [0.5, 0.6) is 0 Å². The monoisotopic (exact) mass is 237 g/mol. The van der Waals surface area contributed by atoms with Crippen molar-refractivity contribution in [1.82, 2.24) is 4.90 Å². The minimum absolute atomic E-state index is 0. The normalized spacial score (nSPS) is 23.8. The summed E-state index contributed by atoms with van der Waals surface area (Å²) in [5.74, 6) is 0. The van der Waals surface area contributed by atoms with Crippen molar-refractivity contribution in [2.75, 3.05) is 7.05 Å². The Labute approximate surface area is 73.4 Å². The van der Waals surface area contributed by atoms with Gasteiger partial charge in [-0.25, -0.2) is 0 Å². The molecule has 0 N–H and O–H groups in total. The van der Waals surface area contributed by atoms with Crippen LogP contribution < -0.4 is 0 Å². The molecule has 0 aromatic rings. The van der Waals surface area contributed by atoms with Gasteiger partial charge in [-0.05, 0) is 19.2 Å². The summed E-state index contributed by atoms with van der Waals surface area (Å²) in [5.41, 5.74) is 0. The standard InChI is InChI=1S/C7H11N.HI/c1-7-5-3-4-6-8(7)2;/h3-7H,1-2H3;1H. The lowest BCUT2D eigenvalue weighted by Gasteiger charge is -2.21. The largest absolute Gasteiger partial charge is 0.374 e. The molecule has 1 aliphatic rings. The van der Waals surface area contributed by atoms with Gasteiger partial charge in [0.15, 0.2) is 0 Å². The molecule has 0 aromatic heterocycles. The molecule has 0 aliphatic carbocycles. The van der Waals surface area contributed by atoms with Gasteiger partial charge in [0.05, 0.1) is 0 Å². The van der Waals surface area contributed by atoms with Crippen molar-refractivity contribution in [1.29, 1.82) is 0 Å². The minimum Gasteiger partial charge on any atom is -0.374 e. The van der Waals surface area contributed by atoms with E-state index >= 15 is 0 Å². The third-order valence-electron chi connectivity index (χ3n) is 1.46. The molecule has 0 radical (unpaired) electrons. The second-order valence-corrected chi connectivity index (χ2v) is 2.13. The highest BCUT2D eigenvalue weighted by Crippen LogP contribution is 2.02. The van der Waals surface area contributed by atoms with Crippen molar-refractivity contribution >= 4 is 24.0 Å². The molecular formula is C7H12IN. The molecule has 0 saturated heterocycles. The Balaban J connectivity index is 0.000000640. The summed E-state index contributed by atoms with van der Waals surface area (Å²) in [6, 6.07) is 0.569. The van der Waals surface area contributed by atoms with Gasteiger partial charge in [-0.3, -0.25) is 0 Å². The van der Waals surface area contributed by atoms with Crippen molar-refractivity contribution in [2.24, 2.45) is 0 Å². The molecule has 1 atom stereocenters. The molecule has 1 nitrogen and oxygen atoms in total. The maximum absolute atomic E-state index is 2.17.